The largest absolute Gasteiger partial charge is 0.305 e. The van der Waals surface area contributed by atoms with E-state index in [0.29, 0.717) is 10.9 Å². The third-order valence-electron chi connectivity index (χ3n) is 5.23. The van der Waals surface area contributed by atoms with Gasteiger partial charge in [-0.1, -0.05) is 61.2 Å². The molecule has 0 fully saturated rings. The van der Waals surface area contributed by atoms with E-state index in [-0.39, 0.29) is 5.91 Å². The number of aromatic nitrogens is 4. The topological polar surface area (TPSA) is 63.9 Å². The highest BCUT2D eigenvalue weighted by molar-refractivity contribution is 7.98. The number of carbonyl (C=O) groups excluding carboxylic acids is 1. The second-order valence-corrected chi connectivity index (χ2v) is 9.21. The van der Waals surface area contributed by atoms with Crippen molar-refractivity contribution in [2.75, 3.05) is 4.90 Å². The van der Waals surface area contributed by atoms with Gasteiger partial charge in [0.1, 0.15) is 0 Å². The van der Waals surface area contributed by atoms with Gasteiger partial charge in [-0.3, -0.25) is 9.69 Å². The van der Waals surface area contributed by atoms with Crippen LogP contribution in [0.1, 0.15) is 30.7 Å². The van der Waals surface area contributed by atoms with Crippen LogP contribution in [0, 0.1) is 6.92 Å². The number of hydrogen-bond acceptors (Lipinski definition) is 6. The molecule has 2 aromatic carbocycles. The van der Waals surface area contributed by atoms with Gasteiger partial charge in [0.15, 0.2) is 16.1 Å². The first kappa shape index (κ1) is 22.2. The number of thioether (sulfide) groups is 1. The molecule has 0 atom stereocenters. The van der Waals surface area contributed by atoms with E-state index < -0.39 is 0 Å². The minimum Gasteiger partial charge on any atom is -0.305 e. The molecule has 0 radical (unpaired) electrons. The summed E-state index contributed by atoms with van der Waals surface area (Å²) in [5.74, 6) is 1.45. The summed E-state index contributed by atoms with van der Waals surface area (Å²) in [6.45, 7) is 5.74. The lowest BCUT2D eigenvalue weighted by Gasteiger charge is -2.20. The molecular weight excluding hydrogens is 438 g/mol. The molecule has 4 aromatic rings. The monoisotopic (exact) mass is 463 g/mol. The van der Waals surface area contributed by atoms with Gasteiger partial charge in [0.05, 0.1) is 11.4 Å². The summed E-state index contributed by atoms with van der Waals surface area (Å²) in [7, 11) is 1.98. The van der Waals surface area contributed by atoms with Crippen molar-refractivity contribution in [1.29, 1.82) is 0 Å². The fourth-order valence-corrected chi connectivity index (χ4v) is 5.33. The molecule has 32 heavy (non-hydrogen) atoms. The molecule has 0 saturated carbocycles. The maximum absolute atomic E-state index is 12.5. The predicted molar refractivity (Wildman–Crippen MR) is 131 cm³/mol. The van der Waals surface area contributed by atoms with Crippen molar-refractivity contribution in [1.82, 2.24) is 19.7 Å². The minimum atomic E-state index is -0.0457. The van der Waals surface area contributed by atoms with Crippen LogP contribution in [0.4, 0.5) is 10.8 Å². The molecule has 0 unspecified atom stereocenters. The zero-order chi connectivity index (χ0) is 22.7. The van der Waals surface area contributed by atoms with Crippen molar-refractivity contribution in [3.63, 3.8) is 0 Å². The van der Waals surface area contributed by atoms with E-state index in [2.05, 4.69) is 42.2 Å². The van der Waals surface area contributed by atoms with E-state index in [9.17, 15) is 4.79 Å². The van der Waals surface area contributed by atoms with Crippen LogP contribution in [0.3, 0.4) is 0 Å². The highest BCUT2D eigenvalue weighted by atomic mass is 32.2. The first-order valence-electron chi connectivity index (χ1n) is 10.4. The molecule has 0 saturated heterocycles. The molecular formula is C24H25N5OS2. The van der Waals surface area contributed by atoms with Gasteiger partial charge < -0.3 is 4.57 Å². The van der Waals surface area contributed by atoms with Gasteiger partial charge in [-0.2, -0.15) is 0 Å². The fraction of sp³-hybridized carbons (Fsp3) is 0.250. The lowest BCUT2D eigenvalue weighted by Crippen LogP contribution is -2.23. The lowest BCUT2D eigenvalue weighted by molar-refractivity contribution is -0.115. The van der Waals surface area contributed by atoms with Gasteiger partial charge in [0.25, 0.3) is 0 Å². The molecule has 0 aliphatic carbocycles. The quantitative estimate of drug-likeness (QED) is 0.325. The molecule has 0 spiro atoms. The number of amides is 1. The van der Waals surface area contributed by atoms with Crippen molar-refractivity contribution in [3.05, 3.63) is 70.7 Å². The number of anilines is 2. The molecule has 6 nitrogen and oxygen atoms in total. The highest BCUT2D eigenvalue weighted by Gasteiger charge is 2.20. The smallest absolute Gasteiger partial charge is 0.230 e. The number of benzene rings is 2. The van der Waals surface area contributed by atoms with Gasteiger partial charge >= 0.3 is 0 Å². The summed E-state index contributed by atoms with van der Waals surface area (Å²) in [5, 5.41) is 12.3. The molecule has 4 rings (SSSR count). The second-order valence-electron chi connectivity index (χ2n) is 7.43. The Labute approximate surface area is 196 Å². The van der Waals surface area contributed by atoms with Crippen LogP contribution in [0.5, 0.6) is 0 Å². The maximum Gasteiger partial charge on any atom is 0.230 e. The van der Waals surface area contributed by atoms with Gasteiger partial charge in [-0.25, -0.2) is 4.98 Å². The van der Waals surface area contributed by atoms with E-state index in [1.165, 1.54) is 16.9 Å². The number of hydrogen-bond donors (Lipinski definition) is 0. The van der Waals surface area contributed by atoms with Crippen molar-refractivity contribution < 1.29 is 4.79 Å². The van der Waals surface area contributed by atoms with Crippen LogP contribution in [0.15, 0.2) is 59.1 Å². The Morgan fingerprint density at radius 1 is 1.12 bits per heavy atom. The van der Waals surface area contributed by atoms with Gasteiger partial charge in [0, 0.05) is 30.7 Å². The maximum atomic E-state index is 12.5. The Bertz CT molecular complexity index is 1250. The normalized spacial score (nSPS) is 11.0. The molecule has 2 aromatic heterocycles. The van der Waals surface area contributed by atoms with Crippen molar-refractivity contribution in [3.8, 4) is 11.4 Å². The minimum absolute atomic E-state index is 0.0457. The van der Waals surface area contributed by atoms with Crippen LogP contribution >= 0.6 is 23.1 Å². The summed E-state index contributed by atoms with van der Waals surface area (Å²) >= 11 is 3.07. The zero-order valence-electron chi connectivity index (χ0n) is 18.6. The summed E-state index contributed by atoms with van der Waals surface area (Å²) in [5.41, 5.74) is 5.18. The molecule has 8 heteroatoms. The predicted octanol–water partition coefficient (Wildman–Crippen LogP) is 5.79. The molecule has 164 valence electrons. The third-order valence-corrected chi connectivity index (χ3v) is 7.16. The second kappa shape index (κ2) is 9.67. The van der Waals surface area contributed by atoms with Crippen molar-refractivity contribution in [2.24, 2.45) is 7.05 Å². The average Bonchev–Trinajstić information content (AvgIpc) is 3.39. The molecule has 0 aliphatic heterocycles. The number of carbonyl (C=O) groups is 1. The van der Waals surface area contributed by atoms with E-state index in [4.69, 9.17) is 4.98 Å². The molecule has 2 heterocycles. The summed E-state index contributed by atoms with van der Waals surface area (Å²) < 4.78 is 2.01. The van der Waals surface area contributed by atoms with Gasteiger partial charge in [0.2, 0.25) is 5.91 Å². The lowest BCUT2D eigenvalue weighted by atomic mass is 10.1. The number of rotatable bonds is 7. The Morgan fingerprint density at radius 3 is 2.62 bits per heavy atom. The van der Waals surface area contributed by atoms with Crippen molar-refractivity contribution >= 4 is 39.8 Å². The fourth-order valence-electron chi connectivity index (χ4n) is 3.54. The molecule has 0 bridgehead atoms. The van der Waals surface area contributed by atoms with Crippen molar-refractivity contribution in [2.45, 2.75) is 38.1 Å². The van der Waals surface area contributed by atoms with E-state index in [1.807, 2.05) is 47.3 Å². The summed E-state index contributed by atoms with van der Waals surface area (Å²) in [6, 6.07) is 16.1. The van der Waals surface area contributed by atoms with Crippen LogP contribution in [0.2, 0.25) is 0 Å². The first-order chi connectivity index (χ1) is 15.5. The standard InChI is InChI=1S/C24H25N5OS2/c1-5-18-11-7-9-13-21(18)29(17(3)30)23-25-19(14-31-23)15-32-24-27-26-22(28(24)4)20-12-8-6-10-16(20)2/h6-14H,5,15H2,1-4H3. The molecule has 0 N–H and O–H groups in total. The molecule has 0 aliphatic rings. The third kappa shape index (κ3) is 4.47. The number of nitrogens with zero attached hydrogens (tertiary/aromatic N) is 5. The summed E-state index contributed by atoms with van der Waals surface area (Å²) in [4.78, 5) is 18.9. The molecule has 1 amide bonds. The Kier molecular flexibility index (Phi) is 6.72. The van der Waals surface area contributed by atoms with Gasteiger partial charge in [-0.05, 0) is 30.5 Å². The van der Waals surface area contributed by atoms with Crippen LogP contribution < -0.4 is 4.90 Å². The summed E-state index contributed by atoms with van der Waals surface area (Å²) in [6.07, 6.45) is 0.851. The Morgan fingerprint density at radius 2 is 1.88 bits per heavy atom. The van der Waals surface area contributed by atoms with Crippen LogP contribution in [-0.2, 0) is 24.0 Å². The highest BCUT2D eigenvalue weighted by Crippen LogP contribution is 2.33. The Balaban J connectivity index is 1.53. The number of para-hydroxylation sites is 1. The Hall–Kier alpha value is -2.97. The SMILES string of the molecule is CCc1ccccc1N(C(C)=O)c1nc(CSc2nnc(-c3ccccc3C)n2C)cs1. The number of aryl methyl sites for hydroxylation is 2. The first-order valence-corrected chi connectivity index (χ1v) is 12.3. The zero-order valence-corrected chi connectivity index (χ0v) is 20.2. The van der Waals surface area contributed by atoms with Gasteiger partial charge in [-0.15, -0.1) is 21.5 Å². The van der Waals surface area contributed by atoms with E-state index in [1.54, 1.807) is 23.6 Å². The number of thiazole rings is 1. The van der Waals surface area contributed by atoms with Crippen LogP contribution in [0.25, 0.3) is 11.4 Å². The van der Waals surface area contributed by atoms with E-state index >= 15 is 0 Å². The van der Waals surface area contributed by atoms with Crippen LogP contribution in [-0.4, -0.2) is 25.7 Å². The van der Waals surface area contributed by atoms with E-state index in [0.717, 1.165) is 39.9 Å². The average molecular weight is 464 g/mol.